The van der Waals surface area contributed by atoms with Gasteiger partial charge in [0, 0.05) is 17.5 Å². The summed E-state index contributed by atoms with van der Waals surface area (Å²) < 4.78 is 5.29. The van der Waals surface area contributed by atoms with Gasteiger partial charge in [-0.3, -0.25) is 19.9 Å². The quantitative estimate of drug-likeness (QED) is 0.393. The van der Waals surface area contributed by atoms with Gasteiger partial charge in [-0.15, -0.1) is 0 Å². The Hall–Kier alpha value is -3.03. The molecule has 0 atom stereocenters. The lowest BCUT2D eigenvalue weighted by atomic mass is 10.1. The Morgan fingerprint density at radius 1 is 1.26 bits per heavy atom. The molecule has 1 aromatic rings. The molecule has 0 aliphatic carbocycles. The van der Waals surface area contributed by atoms with Crippen LogP contribution >= 0.6 is 0 Å². The highest BCUT2D eigenvalue weighted by molar-refractivity contribution is 5.83. The van der Waals surface area contributed by atoms with E-state index in [4.69, 9.17) is 4.42 Å². The Balaban J connectivity index is 2.43. The molecule has 0 saturated carbocycles. The lowest BCUT2D eigenvalue weighted by molar-refractivity contribution is -0.384. The number of aromatic nitrogens is 2. The molecule has 0 radical (unpaired) electrons. The molecule has 1 N–H and O–H groups in total. The minimum Gasteiger partial charge on any atom is -0.437 e. The fourth-order valence-electron chi connectivity index (χ4n) is 1.76. The fourth-order valence-corrected chi connectivity index (χ4v) is 1.76. The molecular weight excluding hydrogens is 254 g/mol. The SMILES string of the molecule is O=c1nc2oc3ccc([N+](=O)[O-])cc3cc-2c(=O)[nH]1. The summed E-state index contributed by atoms with van der Waals surface area (Å²) in [5.41, 5.74) is -1.20. The number of nitro groups is 1. The van der Waals surface area contributed by atoms with Gasteiger partial charge in [0.05, 0.1) is 4.92 Å². The first-order chi connectivity index (χ1) is 9.04. The van der Waals surface area contributed by atoms with Crippen molar-refractivity contribution in [2.75, 3.05) is 0 Å². The van der Waals surface area contributed by atoms with Gasteiger partial charge in [-0.25, -0.2) is 4.79 Å². The van der Waals surface area contributed by atoms with E-state index in [0.717, 1.165) is 0 Å². The van der Waals surface area contributed by atoms with E-state index in [1.165, 1.54) is 24.3 Å². The largest absolute Gasteiger partial charge is 0.437 e. The molecule has 8 heteroatoms. The zero-order chi connectivity index (χ0) is 13.6. The smallest absolute Gasteiger partial charge is 0.351 e. The predicted molar refractivity (Wildman–Crippen MR) is 64.2 cm³/mol. The summed E-state index contributed by atoms with van der Waals surface area (Å²) in [5.74, 6) is -0.102. The molecule has 1 aromatic carbocycles. The molecule has 2 heterocycles. The maximum atomic E-state index is 11.6. The lowest BCUT2D eigenvalue weighted by Crippen LogP contribution is -2.24. The maximum absolute atomic E-state index is 11.6. The van der Waals surface area contributed by atoms with E-state index >= 15 is 0 Å². The highest BCUT2D eigenvalue weighted by Gasteiger charge is 2.15. The molecule has 0 unspecified atom stereocenters. The normalized spacial score (nSPS) is 10.9. The summed E-state index contributed by atoms with van der Waals surface area (Å²) >= 11 is 0. The third kappa shape index (κ3) is 1.75. The maximum Gasteiger partial charge on any atom is 0.351 e. The number of hydrogen-bond acceptors (Lipinski definition) is 6. The van der Waals surface area contributed by atoms with Crippen LogP contribution in [0, 0.1) is 10.1 Å². The summed E-state index contributed by atoms with van der Waals surface area (Å²) in [6.07, 6.45) is 0. The third-order valence-electron chi connectivity index (χ3n) is 2.61. The van der Waals surface area contributed by atoms with Gasteiger partial charge < -0.3 is 4.42 Å². The highest BCUT2D eigenvalue weighted by atomic mass is 16.6. The molecule has 2 aliphatic heterocycles. The number of fused-ring (bicyclic) bond motifs is 2. The van der Waals surface area contributed by atoms with Crippen molar-refractivity contribution in [3.05, 3.63) is 55.2 Å². The average Bonchev–Trinajstić information content (AvgIpc) is 2.36. The Morgan fingerprint density at radius 3 is 2.79 bits per heavy atom. The molecule has 0 saturated heterocycles. The van der Waals surface area contributed by atoms with Crippen molar-refractivity contribution in [3.63, 3.8) is 0 Å². The summed E-state index contributed by atoms with van der Waals surface area (Å²) in [7, 11) is 0. The summed E-state index contributed by atoms with van der Waals surface area (Å²) in [4.78, 5) is 38.3. The van der Waals surface area contributed by atoms with Gasteiger partial charge in [-0.1, -0.05) is 0 Å². The first kappa shape index (κ1) is 11.1. The Bertz CT molecular complexity index is 895. The van der Waals surface area contributed by atoms with Gasteiger partial charge in [0.2, 0.25) is 5.89 Å². The molecule has 0 bridgehead atoms. The molecule has 94 valence electrons. The predicted octanol–water partition coefficient (Wildman–Crippen LogP) is 0.889. The van der Waals surface area contributed by atoms with Crippen molar-refractivity contribution >= 4 is 16.7 Å². The lowest BCUT2D eigenvalue weighted by Gasteiger charge is -2.03. The van der Waals surface area contributed by atoms with Crippen LogP contribution in [0.15, 0.2) is 38.3 Å². The molecule has 0 aromatic heterocycles. The van der Waals surface area contributed by atoms with Gasteiger partial charge >= 0.3 is 5.69 Å². The van der Waals surface area contributed by atoms with Crippen LogP contribution < -0.4 is 11.2 Å². The van der Waals surface area contributed by atoms with E-state index in [-0.39, 0.29) is 17.1 Å². The van der Waals surface area contributed by atoms with Crippen LogP contribution in [0.1, 0.15) is 0 Å². The number of aromatic amines is 1. The number of H-pyrrole nitrogens is 1. The number of hydrogen-bond donors (Lipinski definition) is 1. The van der Waals surface area contributed by atoms with Crippen molar-refractivity contribution in [1.82, 2.24) is 9.97 Å². The Morgan fingerprint density at radius 2 is 2.05 bits per heavy atom. The first-order valence-electron chi connectivity index (χ1n) is 5.17. The van der Waals surface area contributed by atoms with Gasteiger partial charge in [0.15, 0.2) is 0 Å². The van der Waals surface area contributed by atoms with E-state index in [1.54, 1.807) is 0 Å². The van der Waals surface area contributed by atoms with Crippen molar-refractivity contribution in [2.45, 2.75) is 0 Å². The molecule has 3 rings (SSSR count). The topological polar surface area (TPSA) is 119 Å². The van der Waals surface area contributed by atoms with Crippen molar-refractivity contribution < 1.29 is 9.34 Å². The number of nitro benzene ring substituents is 1. The summed E-state index contributed by atoms with van der Waals surface area (Å²) in [6.45, 7) is 0. The standard InChI is InChI=1S/C11H5N3O5/c15-9-7-4-5-3-6(14(17)18)1-2-8(5)19-10(7)13-11(16)12-9/h1-4H,(H,12,15,16). The van der Waals surface area contributed by atoms with Crippen molar-refractivity contribution in [1.29, 1.82) is 0 Å². The number of benzene rings is 1. The zero-order valence-corrected chi connectivity index (χ0v) is 9.25. The van der Waals surface area contributed by atoms with E-state index in [9.17, 15) is 19.7 Å². The van der Waals surface area contributed by atoms with Gasteiger partial charge in [0.1, 0.15) is 11.1 Å². The summed E-state index contributed by atoms with van der Waals surface area (Å²) in [6, 6.07) is 5.33. The fraction of sp³-hybridized carbons (Fsp3) is 0. The van der Waals surface area contributed by atoms with Crippen LogP contribution in [0.5, 0.6) is 0 Å². The second kappa shape index (κ2) is 3.73. The van der Waals surface area contributed by atoms with E-state index in [1.807, 2.05) is 4.98 Å². The van der Waals surface area contributed by atoms with Crippen molar-refractivity contribution in [3.8, 4) is 11.5 Å². The zero-order valence-electron chi connectivity index (χ0n) is 9.25. The Kier molecular flexibility index (Phi) is 2.18. The molecular formula is C11H5N3O5. The highest BCUT2D eigenvalue weighted by Crippen LogP contribution is 2.26. The number of non-ortho nitro benzene ring substituents is 1. The second-order valence-electron chi connectivity index (χ2n) is 3.82. The molecule has 0 fully saturated rings. The minimum absolute atomic E-state index is 0.0626. The number of rotatable bonds is 1. The first-order valence-corrected chi connectivity index (χ1v) is 5.17. The van der Waals surface area contributed by atoms with Gasteiger partial charge in [-0.05, 0) is 12.1 Å². The van der Waals surface area contributed by atoms with E-state index < -0.39 is 16.2 Å². The van der Waals surface area contributed by atoms with Gasteiger partial charge in [0.25, 0.3) is 11.2 Å². The number of nitrogens with one attached hydrogen (secondary N) is 1. The minimum atomic E-state index is -0.803. The monoisotopic (exact) mass is 259 g/mol. The van der Waals surface area contributed by atoms with Crippen LogP contribution in [0.2, 0.25) is 0 Å². The second-order valence-corrected chi connectivity index (χ2v) is 3.82. The average molecular weight is 259 g/mol. The van der Waals surface area contributed by atoms with Crippen LogP contribution in [0.4, 0.5) is 5.69 Å². The number of nitrogens with zero attached hydrogens (tertiary/aromatic N) is 2. The summed E-state index contributed by atoms with van der Waals surface area (Å²) in [5, 5.41) is 11.1. The van der Waals surface area contributed by atoms with E-state index in [0.29, 0.717) is 11.0 Å². The molecule has 19 heavy (non-hydrogen) atoms. The van der Waals surface area contributed by atoms with Crippen LogP contribution in [0.25, 0.3) is 22.4 Å². The third-order valence-corrected chi connectivity index (χ3v) is 2.61. The Labute approximate surface area is 103 Å². The molecule has 0 amide bonds. The molecule has 0 spiro atoms. The van der Waals surface area contributed by atoms with E-state index in [2.05, 4.69) is 4.98 Å². The van der Waals surface area contributed by atoms with Crippen LogP contribution in [-0.4, -0.2) is 14.9 Å². The van der Waals surface area contributed by atoms with Gasteiger partial charge in [-0.2, -0.15) is 4.98 Å². The molecule has 2 aliphatic rings. The molecule has 8 nitrogen and oxygen atoms in total. The van der Waals surface area contributed by atoms with Crippen LogP contribution in [-0.2, 0) is 0 Å². The van der Waals surface area contributed by atoms with Crippen LogP contribution in [0.3, 0.4) is 0 Å². The van der Waals surface area contributed by atoms with Crippen molar-refractivity contribution in [2.24, 2.45) is 0 Å².